The third-order valence-corrected chi connectivity index (χ3v) is 5.72. The molecule has 0 radical (unpaired) electrons. The molecule has 2 aliphatic rings. The molecule has 0 amide bonds. The monoisotopic (exact) mass is 439 g/mol. The van der Waals surface area contributed by atoms with Gasteiger partial charge in [0.05, 0.1) is 11.6 Å². The Bertz CT molecular complexity index is 1160. The Morgan fingerprint density at radius 1 is 1.23 bits per heavy atom. The minimum atomic E-state index is -4.54. The highest BCUT2D eigenvalue weighted by atomic mass is 32.1. The lowest BCUT2D eigenvalue weighted by atomic mass is 9.93. The summed E-state index contributed by atoms with van der Waals surface area (Å²) >= 11 is 0.861. The first kappa shape index (κ1) is 16.7. The van der Waals surface area contributed by atoms with Crippen LogP contribution in [0, 0.1) is 5.92 Å². The molecule has 0 fully saturated rings. The van der Waals surface area contributed by atoms with Gasteiger partial charge < -0.3 is 11.1 Å². The van der Waals surface area contributed by atoms with Crippen molar-refractivity contribution in [2.24, 2.45) is 11.0 Å². The number of fused-ring (bicyclic) bond motifs is 1. The van der Waals surface area contributed by atoms with Gasteiger partial charge in [-0.1, -0.05) is 12.2 Å². The maximum absolute atomic E-state index is 12.9. The largest absolute Gasteiger partial charge is 0.434 e. The molecule has 1 aliphatic carbocycles. The van der Waals surface area contributed by atoms with Crippen molar-refractivity contribution in [1.29, 1.82) is 0 Å². The van der Waals surface area contributed by atoms with E-state index >= 15 is 0 Å². The molecule has 4 rings (SSSR count). The Morgan fingerprint density at radius 3 is 2.73 bits per heavy atom. The molecule has 2 atom stereocenters. The highest BCUT2D eigenvalue weighted by Gasteiger charge is 2.36. The number of rotatable bonds is 4. The number of thiazole rings is 1. The molecule has 158 valence electrons. The number of allylic oxidation sites excluding steroid dienone is 2. The van der Waals surface area contributed by atoms with E-state index in [-0.39, 0.29) is 28.6 Å². The predicted octanol–water partition coefficient (Wildman–Crippen LogP) is 3.15. The molecule has 8 nitrogen and oxygen atoms in total. The van der Waals surface area contributed by atoms with Crippen LogP contribution in [-0.4, -0.2) is 44.2 Å². The van der Waals surface area contributed by atoms with Gasteiger partial charge in [0.1, 0.15) is 5.01 Å². The highest BCUT2D eigenvalue weighted by Crippen LogP contribution is 2.35. The molecule has 0 aromatic carbocycles. The van der Waals surface area contributed by atoms with E-state index < -0.39 is 30.4 Å². The van der Waals surface area contributed by atoms with Gasteiger partial charge in [0.2, 0.25) is 11.9 Å². The van der Waals surface area contributed by atoms with E-state index in [1.807, 2.05) is 0 Å². The minimum absolute atomic E-state index is 0.0398. The minimum Gasteiger partial charge on any atom is -0.368 e. The number of hydrazone groups is 1. The molecule has 3 N–H and O–H groups in total. The van der Waals surface area contributed by atoms with Crippen LogP contribution in [0.25, 0.3) is 5.57 Å². The number of nitrogens with two attached hydrogens (primary N) is 1. The van der Waals surface area contributed by atoms with Gasteiger partial charge in [-0.3, -0.25) is 5.01 Å². The third-order valence-electron chi connectivity index (χ3n) is 4.55. The van der Waals surface area contributed by atoms with E-state index in [4.69, 9.17) is 9.85 Å². The Kier molecular flexibility index (Phi) is 3.93. The summed E-state index contributed by atoms with van der Waals surface area (Å²) in [4.78, 5) is 16.2. The van der Waals surface area contributed by atoms with Crippen molar-refractivity contribution >= 4 is 35.0 Å². The SMILES string of the molecule is [2H]C([2H])([2H])N1N=CC2C=CC(c3nc(N)nc(NC(C)(C)c4nc(C(F)(F)F)cs4)n3)=CC21. The molecule has 30 heavy (non-hydrogen) atoms. The number of anilines is 2. The molecule has 0 saturated carbocycles. The van der Waals surface area contributed by atoms with Crippen LogP contribution in [0.4, 0.5) is 25.1 Å². The van der Waals surface area contributed by atoms with Crippen molar-refractivity contribution in [2.75, 3.05) is 18.0 Å². The van der Waals surface area contributed by atoms with Gasteiger partial charge in [-0.2, -0.15) is 33.2 Å². The Balaban J connectivity index is 1.61. The quantitative estimate of drug-likeness (QED) is 0.754. The second-order valence-corrected chi connectivity index (χ2v) is 8.14. The number of alkyl halides is 3. The summed E-state index contributed by atoms with van der Waals surface area (Å²) in [5.41, 5.74) is 4.34. The van der Waals surface area contributed by atoms with Gasteiger partial charge in [0.25, 0.3) is 0 Å². The lowest BCUT2D eigenvalue weighted by Crippen LogP contribution is -2.30. The van der Waals surface area contributed by atoms with Crippen molar-refractivity contribution < 1.29 is 17.3 Å². The Labute approximate surface area is 178 Å². The second kappa shape index (κ2) is 7.04. The number of hydrogen-bond acceptors (Lipinski definition) is 9. The number of likely N-dealkylation sites (N-methyl/N-ethyl adjacent to an activating group) is 1. The molecule has 2 unspecified atom stereocenters. The summed E-state index contributed by atoms with van der Waals surface area (Å²) in [6, 6.07) is -0.542. The van der Waals surface area contributed by atoms with Crippen LogP contribution in [0.3, 0.4) is 0 Å². The van der Waals surface area contributed by atoms with Crippen molar-refractivity contribution in [2.45, 2.75) is 31.6 Å². The van der Waals surface area contributed by atoms with Crippen LogP contribution < -0.4 is 11.1 Å². The van der Waals surface area contributed by atoms with Crippen molar-refractivity contribution in [3.63, 3.8) is 0 Å². The predicted molar refractivity (Wildman–Crippen MR) is 109 cm³/mol. The van der Waals surface area contributed by atoms with E-state index in [9.17, 15) is 13.2 Å². The standard InChI is InChI=1S/C18H19F3N8S/c1-17(2,14-24-12(8-30-14)18(19,20)21)28-16-26-13(25-15(22)27-16)9-4-5-10-7-23-29(3)11(10)6-9/h4-8,10-11H,1-3H3,(H3,22,25,26,27,28)/i3D3. The number of hydrogen-bond donors (Lipinski definition) is 2. The molecule has 0 bridgehead atoms. The summed E-state index contributed by atoms with van der Waals surface area (Å²) < 4.78 is 61.8. The number of nitrogens with one attached hydrogen (secondary N) is 1. The van der Waals surface area contributed by atoms with E-state index in [0.717, 1.165) is 21.7 Å². The first-order valence-corrected chi connectivity index (χ1v) is 9.69. The maximum Gasteiger partial charge on any atom is 0.434 e. The van der Waals surface area contributed by atoms with Crippen LogP contribution >= 0.6 is 11.3 Å². The molecule has 3 heterocycles. The second-order valence-electron chi connectivity index (χ2n) is 7.28. The van der Waals surface area contributed by atoms with Crippen LogP contribution in [-0.2, 0) is 11.7 Å². The number of aromatic nitrogens is 4. The summed E-state index contributed by atoms with van der Waals surface area (Å²) in [7, 11) is 0. The molecule has 2 aromatic heterocycles. The van der Waals surface area contributed by atoms with Gasteiger partial charge in [-0.25, -0.2) is 4.98 Å². The lowest BCUT2D eigenvalue weighted by molar-refractivity contribution is -0.140. The Morgan fingerprint density at radius 2 is 2.03 bits per heavy atom. The van der Waals surface area contributed by atoms with E-state index in [0.29, 0.717) is 5.57 Å². The number of nitrogens with zero attached hydrogens (tertiary/aromatic N) is 6. The first-order chi connectivity index (χ1) is 15.2. The third kappa shape index (κ3) is 3.86. The highest BCUT2D eigenvalue weighted by molar-refractivity contribution is 7.09. The average molecular weight is 439 g/mol. The van der Waals surface area contributed by atoms with Gasteiger partial charge in [0.15, 0.2) is 11.5 Å². The van der Waals surface area contributed by atoms with Crippen LogP contribution in [0.15, 0.2) is 28.7 Å². The van der Waals surface area contributed by atoms with E-state index in [2.05, 4.69) is 30.4 Å². The first-order valence-electron chi connectivity index (χ1n) is 10.3. The molecule has 12 heteroatoms. The molecular formula is C18H19F3N8S. The zero-order valence-electron chi connectivity index (χ0n) is 18.8. The van der Waals surface area contributed by atoms with Crippen LogP contribution in [0.5, 0.6) is 0 Å². The maximum atomic E-state index is 12.9. The van der Waals surface area contributed by atoms with Gasteiger partial charge in [0, 0.05) is 34.2 Å². The lowest BCUT2D eigenvalue weighted by Gasteiger charge is -2.25. The summed E-state index contributed by atoms with van der Waals surface area (Å²) in [6.07, 6.45) is 2.22. The van der Waals surface area contributed by atoms with Gasteiger partial charge in [-0.05, 0) is 19.9 Å². The number of nitrogen functional groups attached to an aromatic ring is 1. The normalized spacial score (nSPS) is 22.9. The van der Waals surface area contributed by atoms with Gasteiger partial charge >= 0.3 is 6.18 Å². The summed E-state index contributed by atoms with van der Waals surface area (Å²) in [5, 5.41) is 9.12. The molecule has 0 spiro atoms. The van der Waals surface area contributed by atoms with E-state index in [1.165, 1.54) is 0 Å². The van der Waals surface area contributed by atoms with Crippen molar-refractivity contribution in [3.05, 3.63) is 40.1 Å². The summed E-state index contributed by atoms with van der Waals surface area (Å²) in [6.45, 7) is 0.862. The number of halogens is 3. The fraction of sp³-hybridized carbons (Fsp3) is 0.389. The topological polar surface area (TPSA) is 105 Å². The fourth-order valence-corrected chi connectivity index (χ4v) is 3.93. The molecule has 0 saturated heterocycles. The Hall–Kier alpha value is -3.02. The summed E-state index contributed by atoms with van der Waals surface area (Å²) in [5.74, 6) is -0.0983. The zero-order chi connectivity index (χ0) is 24.2. The molecule has 2 aromatic rings. The van der Waals surface area contributed by atoms with Crippen LogP contribution in [0.2, 0.25) is 0 Å². The van der Waals surface area contributed by atoms with E-state index in [1.54, 1.807) is 38.3 Å². The fourth-order valence-electron chi connectivity index (χ4n) is 3.03. The zero-order valence-corrected chi connectivity index (χ0v) is 16.7. The van der Waals surface area contributed by atoms with Crippen molar-refractivity contribution in [1.82, 2.24) is 24.9 Å². The van der Waals surface area contributed by atoms with Crippen molar-refractivity contribution in [3.8, 4) is 0 Å². The smallest absolute Gasteiger partial charge is 0.368 e. The van der Waals surface area contributed by atoms with Crippen LogP contribution in [0.1, 0.15) is 34.5 Å². The van der Waals surface area contributed by atoms with Gasteiger partial charge in [-0.15, -0.1) is 11.3 Å². The molecule has 1 aliphatic heterocycles. The average Bonchev–Trinajstić information content (AvgIpc) is 3.34. The molecular weight excluding hydrogens is 417 g/mol.